The number of aromatic nitrogens is 2. The van der Waals surface area contributed by atoms with Gasteiger partial charge in [0.25, 0.3) is 0 Å². The van der Waals surface area contributed by atoms with Gasteiger partial charge in [-0.3, -0.25) is 4.57 Å². The third kappa shape index (κ3) is 2.48. The van der Waals surface area contributed by atoms with E-state index in [0.29, 0.717) is 12.0 Å². The highest BCUT2D eigenvalue weighted by atomic mass is 16.4. The van der Waals surface area contributed by atoms with E-state index in [1.807, 2.05) is 6.07 Å². The van der Waals surface area contributed by atoms with Crippen molar-refractivity contribution in [2.45, 2.75) is 6.54 Å². The first-order valence-electron chi connectivity index (χ1n) is 5.24. The molecule has 0 amide bonds. The highest BCUT2D eigenvalue weighted by Crippen LogP contribution is 1.99. The summed E-state index contributed by atoms with van der Waals surface area (Å²) in [5.74, 6) is 0. The molecule has 1 aromatic heterocycles. The second kappa shape index (κ2) is 4.61. The molecule has 0 aliphatic rings. The first kappa shape index (κ1) is 11.7. The van der Waals surface area contributed by atoms with E-state index in [2.05, 4.69) is 0 Å². The quantitative estimate of drug-likeness (QED) is 0.661. The van der Waals surface area contributed by atoms with Crippen LogP contribution in [0.2, 0.25) is 0 Å². The lowest BCUT2D eigenvalue weighted by Gasteiger charge is -2.04. The molecule has 0 atom stereocenters. The number of rotatable bonds is 3. The minimum absolute atomic E-state index is 0.0973. The molecule has 2 N–H and O–H groups in total. The van der Waals surface area contributed by atoms with Gasteiger partial charge in [-0.15, -0.1) is 0 Å². The first-order valence-corrected chi connectivity index (χ1v) is 5.24. The molecule has 0 spiro atoms. The van der Waals surface area contributed by atoms with Gasteiger partial charge in [-0.1, -0.05) is 24.3 Å². The lowest BCUT2D eigenvalue weighted by Crippen LogP contribution is -2.30. The summed E-state index contributed by atoms with van der Waals surface area (Å²) in [5.41, 5.74) is 1.18. The molecule has 0 unspecified atom stereocenters. The van der Waals surface area contributed by atoms with Gasteiger partial charge in [-0.2, -0.15) is 0 Å². The second-order valence-corrected chi connectivity index (χ2v) is 3.94. The lowest BCUT2D eigenvalue weighted by atomic mass is 9.79. The molecule has 0 aliphatic heterocycles. The number of aryl methyl sites for hydroxylation is 1. The average Bonchev–Trinajstić information content (AvgIpc) is 2.61. The van der Waals surface area contributed by atoms with Crippen molar-refractivity contribution >= 4 is 12.6 Å². The van der Waals surface area contributed by atoms with Crippen LogP contribution in [0.3, 0.4) is 0 Å². The van der Waals surface area contributed by atoms with Gasteiger partial charge in [-0.05, 0) is 11.0 Å². The fraction of sp³-hybridized carbons (Fsp3) is 0.182. The third-order valence-corrected chi connectivity index (χ3v) is 2.62. The molecular weight excluding hydrogens is 219 g/mol. The summed E-state index contributed by atoms with van der Waals surface area (Å²) in [6.07, 6.45) is 3.39. The zero-order valence-electron chi connectivity index (χ0n) is 9.45. The summed E-state index contributed by atoms with van der Waals surface area (Å²) in [4.78, 5) is 11.6. The number of benzene rings is 1. The average molecular weight is 232 g/mol. The van der Waals surface area contributed by atoms with Crippen molar-refractivity contribution in [2.75, 3.05) is 0 Å². The zero-order chi connectivity index (χ0) is 12.4. The molecule has 2 aromatic rings. The van der Waals surface area contributed by atoms with E-state index in [0.717, 1.165) is 5.56 Å². The third-order valence-electron chi connectivity index (χ3n) is 2.62. The maximum Gasteiger partial charge on any atom is 0.488 e. The van der Waals surface area contributed by atoms with Crippen LogP contribution in [0.4, 0.5) is 0 Å². The molecule has 1 heterocycles. The van der Waals surface area contributed by atoms with Gasteiger partial charge < -0.3 is 14.6 Å². The van der Waals surface area contributed by atoms with Gasteiger partial charge >= 0.3 is 12.8 Å². The van der Waals surface area contributed by atoms with Gasteiger partial charge in [-0.25, -0.2) is 4.79 Å². The first-order chi connectivity index (χ1) is 8.08. The van der Waals surface area contributed by atoms with Gasteiger partial charge in [0.05, 0.1) is 6.54 Å². The highest BCUT2D eigenvalue weighted by molar-refractivity contribution is 6.58. The molecule has 1 aromatic carbocycles. The largest absolute Gasteiger partial charge is 0.488 e. The van der Waals surface area contributed by atoms with Gasteiger partial charge in [0.2, 0.25) is 0 Å². The zero-order valence-corrected chi connectivity index (χ0v) is 9.45. The summed E-state index contributed by atoms with van der Waals surface area (Å²) in [6.45, 7) is 0.417. The Morgan fingerprint density at radius 3 is 2.65 bits per heavy atom. The summed E-state index contributed by atoms with van der Waals surface area (Å²) in [5, 5.41) is 18.1. The van der Waals surface area contributed by atoms with Crippen molar-refractivity contribution in [2.24, 2.45) is 7.05 Å². The maximum absolute atomic E-state index is 11.6. The standard InChI is InChI=1S/C11H13BN2O3/c1-13-5-6-14(11(13)15)8-9-3-2-4-10(7-9)12(16)17/h2-7,16-17H,8H2,1H3. The Kier molecular flexibility index (Phi) is 3.17. The fourth-order valence-corrected chi connectivity index (χ4v) is 1.68. The topological polar surface area (TPSA) is 67.4 Å². The predicted molar refractivity (Wildman–Crippen MR) is 65.0 cm³/mol. The molecule has 0 radical (unpaired) electrons. The van der Waals surface area contributed by atoms with Gasteiger partial charge in [0, 0.05) is 19.4 Å². The molecule has 88 valence electrons. The Morgan fingerprint density at radius 1 is 1.29 bits per heavy atom. The minimum Gasteiger partial charge on any atom is -0.423 e. The second-order valence-electron chi connectivity index (χ2n) is 3.94. The van der Waals surface area contributed by atoms with E-state index in [1.165, 1.54) is 4.57 Å². The molecule has 17 heavy (non-hydrogen) atoms. The Balaban J connectivity index is 2.27. The van der Waals surface area contributed by atoms with Crippen LogP contribution in [-0.2, 0) is 13.6 Å². The number of imidazole rings is 1. The van der Waals surface area contributed by atoms with Crippen LogP contribution in [0.5, 0.6) is 0 Å². The van der Waals surface area contributed by atoms with Crippen molar-refractivity contribution in [3.8, 4) is 0 Å². The summed E-state index contributed by atoms with van der Waals surface area (Å²) >= 11 is 0. The fourth-order valence-electron chi connectivity index (χ4n) is 1.68. The molecular formula is C11H13BN2O3. The van der Waals surface area contributed by atoms with Crippen LogP contribution in [0.1, 0.15) is 5.56 Å². The van der Waals surface area contributed by atoms with E-state index >= 15 is 0 Å². The maximum atomic E-state index is 11.6. The monoisotopic (exact) mass is 232 g/mol. The van der Waals surface area contributed by atoms with Crippen molar-refractivity contribution in [1.82, 2.24) is 9.13 Å². The van der Waals surface area contributed by atoms with Crippen LogP contribution in [0, 0.1) is 0 Å². The molecule has 0 fully saturated rings. The summed E-state index contributed by atoms with van der Waals surface area (Å²) in [6, 6.07) is 6.87. The number of hydrogen-bond acceptors (Lipinski definition) is 3. The van der Waals surface area contributed by atoms with E-state index in [9.17, 15) is 4.79 Å². The number of hydrogen-bond donors (Lipinski definition) is 2. The molecule has 0 aliphatic carbocycles. The Hall–Kier alpha value is -1.79. The van der Waals surface area contributed by atoms with E-state index < -0.39 is 7.12 Å². The van der Waals surface area contributed by atoms with Crippen molar-refractivity contribution in [3.05, 3.63) is 52.7 Å². The van der Waals surface area contributed by atoms with Crippen molar-refractivity contribution in [3.63, 3.8) is 0 Å². The van der Waals surface area contributed by atoms with Gasteiger partial charge in [0.1, 0.15) is 0 Å². The summed E-state index contributed by atoms with van der Waals surface area (Å²) < 4.78 is 3.05. The van der Waals surface area contributed by atoms with E-state index in [1.54, 1.807) is 42.2 Å². The van der Waals surface area contributed by atoms with Crippen LogP contribution < -0.4 is 11.2 Å². The lowest BCUT2D eigenvalue weighted by molar-refractivity contribution is 0.425. The molecule has 0 saturated carbocycles. The molecule has 5 nitrogen and oxygen atoms in total. The van der Waals surface area contributed by atoms with E-state index in [-0.39, 0.29) is 5.69 Å². The molecule has 0 bridgehead atoms. The van der Waals surface area contributed by atoms with Crippen LogP contribution in [0.25, 0.3) is 0 Å². The number of nitrogens with zero attached hydrogens (tertiary/aromatic N) is 2. The van der Waals surface area contributed by atoms with Crippen molar-refractivity contribution in [1.29, 1.82) is 0 Å². The Labute approximate surface area is 98.7 Å². The molecule has 6 heteroatoms. The smallest absolute Gasteiger partial charge is 0.423 e. The van der Waals surface area contributed by atoms with Gasteiger partial charge in [0.15, 0.2) is 0 Å². The predicted octanol–water partition coefficient (Wildman–Crippen LogP) is -1.09. The SMILES string of the molecule is Cn1ccn(Cc2cccc(B(O)O)c2)c1=O. The highest BCUT2D eigenvalue weighted by Gasteiger charge is 2.11. The normalized spacial score (nSPS) is 10.5. The van der Waals surface area contributed by atoms with Crippen LogP contribution >= 0.6 is 0 Å². The molecule has 0 saturated heterocycles. The van der Waals surface area contributed by atoms with Crippen molar-refractivity contribution < 1.29 is 10.0 Å². The molecule has 2 rings (SSSR count). The van der Waals surface area contributed by atoms with E-state index in [4.69, 9.17) is 10.0 Å². The van der Waals surface area contributed by atoms with Crippen LogP contribution in [-0.4, -0.2) is 26.3 Å². The van der Waals surface area contributed by atoms with Crippen LogP contribution in [0.15, 0.2) is 41.5 Å². The Bertz CT molecular complexity index is 574. The summed E-state index contributed by atoms with van der Waals surface area (Å²) in [7, 11) is 0.203. The Morgan fingerprint density at radius 2 is 2.06 bits per heavy atom. The minimum atomic E-state index is -1.48.